The van der Waals surface area contributed by atoms with Gasteiger partial charge >= 0.3 is 0 Å². The van der Waals surface area contributed by atoms with E-state index in [1.54, 1.807) is 18.3 Å². The molecule has 5 nitrogen and oxygen atoms in total. The molecule has 0 fully saturated rings. The Hall–Kier alpha value is -1.69. The molecule has 0 unspecified atom stereocenters. The fraction of sp³-hybridized carbons (Fsp3) is 0.462. The van der Waals surface area contributed by atoms with Crippen LogP contribution in [-0.2, 0) is 12.8 Å². The molecular formula is C13H18N4OS. The average Bonchev–Trinajstić information content (AvgIpc) is 2.96. The maximum absolute atomic E-state index is 12.1. The lowest BCUT2D eigenvalue weighted by Crippen LogP contribution is -2.11. The van der Waals surface area contributed by atoms with E-state index in [1.807, 2.05) is 6.07 Å². The lowest BCUT2D eigenvalue weighted by Gasteiger charge is -1.96. The molecule has 0 saturated carbocycles. The number of aryl methyl sites for hydroxylation is 3. The highest BCUT2D eigenvalue weighted by molar-refractivity contribution is 7.14. The summed E-state index contributed by atoms with van der Waals surface area (Å²) in [4.78, 5) is 18.2. The average molecular weight is 278 g/mol. The summed E-state index contributed by atoms with van der Waals surface area (Å²) in [6.45, 7) is 6.05. The maximum atomic E-state index is 12.1. The molecule has 0 aliphatic rings. The first kappa shape index (κ1) is 13.7. The third-order valence-corrected chi connectivity index (χ3v) is 4.04. The van der Waals surface area contributed by atoms with Crippen LogP contribution in [0.15, 0.2) is 6.07 Å². The number of anilines is 1. The highest BCUT2D eigenvalue weighted by Gasteiger charge is 2.14. The number of aromatic nitrogens is 3. The molecule has 0 aliphatic heterocycles. The van der Waals surface area contributed by atoms with Crippen LogP contribution < -0.4 is 5.32 Å². The molecule has 1 amide bonds. The highest BCUT2D eigenvalue weighted by Crippen LogP contribution is 2.25. The number of aromatic amines is 1. The quantitative estimate of drug-likeness (QED) is 0.883. The van der Waals surface area contributed by atoms with Crippen LogP contribution in [0, 0.1) is 6.92 Å². The minimum Gasteiger partial charge on any atom is -0.288 e. The zero-order valence-corrected chi connectivity index (χ0v) is 12.2. The summed E-state index contributed by atoms with van der Waals surface area (Å²) in [5.41, 5.74) is 1.27. The second-order valence-corrected chi connectivity index (χ2v) is 5.50. The van der Waals surface area contributed by atoms with E-state index >= 15 is 0 Å². The van der Waals surface area contributed by atoms with Crippen LogP contribution in [0.25, 0.3) is 0 Å². The molecule has 0 spiro atoms. The fourth-order valence-corrected chi connectivity index (χ4v) is 3.13. The van der Waals surface area contributed by atoms with E-state index in [1.165, 1.54) is 10.4 Å². The molecule has 19 heavy (non-hydrogen) atoms. The van der Waals surface area contributed by atoms with Crippen molar-refractivity contribution in [3.8, 4) is 0 Å². The topological polar surface area (TPSA) is 70.7 Å². The second-order valence-electron chi connectivity index (χ2n) is 4.36. The van der Waals surface area contributed by atoms with Gasteiger partial charge in [0.2, 0.25) is 5.95 Å². The maximum Gasteiger partial charge on any atom is 0.268 e. The molecule has 0 bridgehead atoms. The Morgan fingerprint density at radius 1 is 1.47 bits per heavy atom. The Labute approximate surface area is 116 Å². The van der Waals surface area contributed by atoms with Crippen molar-refractivity contribution >= 4 is 23.2 Å². The molecule has 0 aliphatic carbocycles. The van der Waals surface area contributed by atoms with Gasteiger partial charge in [0.25, 0.3) is 5.91 Å². The number of nitrogens with one attached hydrogen (secondary N) is 2. The van der Waals surface area contributed by atoms with Gasteiger partial charge in [0.1, 0.15) is 5.82 Å². The summed E-state index contributed by atoms with van der Waals surface area (Å²) < 4.78 is 0. The molecule has 0 radical (unpaired) electrons. The number of nitrogens with zero attached hydrogens (tertiary/aromatic N) is 2. The third kappa shape index (κ3) is 3.20. The van der Waals surface area contributed by atoms with Gasteiger partial charge in [-0.25, -0.2) is 0 Å². The first-order chi connectivity index (χ1) is 9.13. The number of H-pyrrole nitrogens is 1. The zero-order chi connectivity index (χ0) is 13.8. The first-order valence-electron chi connectivity index (χ1n) is 6.46. The van der Waals surface area contributed by atoms with Crippen molar-refractivity contribution in [3.63, 3.8) is 0 Å². The number of carbonyl (C=O) groups excluding carboxylic acids is 1. The highest BCUT2D eigenvalue weighted by atomic mass is 32.1. The normalized spacial score (nSPS) is 10.7. The van der Waals surface area contributed by atoms with Crippen LogP contribution >= 0.6 is 11.3 Å². The van der Waals surface area contributed by atoms with Gasteiger partial charge in [-0.15, -0.1) is 16.4 Å². The number of rotatable bonds is 5. The van der Waals surface area contributed by atoms with Gasteiger partial charge in [0.05, 0.1) is 4.88 Å². The van der Waals surface area contributed by atoms with Crippen LogP contribution in [0.4, 0.5) is 5.95 Å². The summed E-state index contributed by atoms with van der Waals surface area (Å²) in [7, 11) is 0. The largest absolute Gasteiger partial charge is 0.288 e. The van der Waals surface area contributed by atoms with Gasteiger partial charge < -0.3 is 0 Å². The van der Waals surface area contributed by atoms with Crippen LogP contribution in [-0.4, -0.2) is 21.1 Å². The number of carbonyl (C=O) groups is 1. The van der Waals surface area contributed by atoms with E-state index in [0.717, 1.165) is 24.1 Å². The van der Waals surface area contributed by atoms with Crippen LogP contribution in [0.2, 0.25) is 0 Å². The smallest absolute Gasteiger partial charge is 0.268 e. The zero-order valence-electron chi connectivity index (χ0n) is 11.4. The Morgan fingerprint density at radius 3 is 2.84 bits per heavy atom. The van der Waals surface area contributed by atoms with Crippen molar-refractivity contribution in [2.24, 2.45) is 0 Å². The summed E-state index contributed by atoms with van der Waals surface area (Å²) in [5, 5.41) is 9.31. The fourth-order valence-electron chi connectivity index (χ4n) is 1.88. The Morgan fingerprint density at radius 2 is 2.26 bits per heavy atom. The van der Waals surface area contributed by atoms with E-state index in [-0.39, 0.29) is 5.91 Å². The molecular weight excluding hydrogens is 260 g/mol. The monoisotopic (exact) mass is 278 g/mol. The van der Waals surface area contributed by atoms with Crippen molar-refractivity contribution in [3.05, 3.63) is 27.2 Å². The van der Waals surface area contributed by atoms with Crippen LogP contribution in [0.3, 0.4) is 0 Å². The summed E-state index contributed by atoms with van der Waals surface area (Å²) in [5.74, 6) is 0.870. The minimum atomic E-state index is -0.138. The van der Waals surface area contributed by atoms with E-state index in [9.17, 15) is 4.79 Å². The standard InChI is InChI=1S/C13H18N4OS/c1-4-6-10-9(5-2)7-11(19-10)12(18)15-13-14-8(3)16-17-13/h7H,4-6H2,1-3H3,(H2,14,15,16,17,18). The number of thiophene rings is 1. The van der Waals surface area contributed by atoms with Crippen molar-refractivity contribution in [1.29, 1.82) is 0 Å². The predicted octanol–water partition coefficient (Wildman–Crippen LogP) is 2.94. The summed E-state index contributed by atoms with van der Waals surface area (Å²) in [6, 6.07) is 1.98. The minimum absolute atomic E-state index is 0.138. The first-order valence-corrected chi connectivity index (χ1v) is 7.27. The molecule has 102 valence electrons. The molecule has 0 saturated heterocycles. The van der Waals surface area contributed by atoms with Crippen molar-refractivity contribution in [1.82, 2.24) is 15.2 Å². The Bertz CT molecular complexity index is 573. The predicted molar refractivity (Wildman–Crippen MR) is 76.8 cm³/mol. The summed E-state index contributed by atoms with van der Waals surface area (Å²) >= 11 is 1.57. The van der Waals surface area contributed by atoms with Crippen LogP contribution in [0.1, 0.15) is 46.2 Å². The molecule has 0 aromatic carbocycles. The molecule has 2 aromatic rings. The van der Waals surface area contributed by atoms with Crippen molar-refractivity contribution < 1.29 is 4.79 Å². The van der Waals surface area contributed by atoms with Gasteiger partial charge in [-0.3, -0.25) is 15.2 Å². The van der Waals surface area contributed by atoms with E-state index in [4.69, 9.17) is 0 Å². The van der Waals surface area contributed by atoms with E-state index in [0.29, 0.717) is 11.8 Å². The number of hydrogen-bond acceptors (Lipinski definition) is 4. The molecule has 2 rings (SSSR count). The van der Waals surface area contributed by atoms with Gasteiger partial charge in [-0.05, 0) is 31.4 Å². The molecule has 2 aromatic heterocycles. The molecule has 0 atom stereocenters. The lowest BCUT2D eigenvalue weighted by atomic mass is 10.1. The van der Waals surface area contributed by atoms with Crippen molar-refractivity contribution in [2.75, 3.05) is 5.32 Å². The Balaban J connectivity index is 2.14. The number of hydrogen-bond donors (Lipinski definition) is 2. The van der Waals surface area contributed by atoms with Crippen LogP contribution in [0.5, 0.6) is 0 Å². The molecule has 6 heteroatoms. The van der Waals surface area contributed by atoms with Gasteiger partial charge in [-0.2, -0.15) is 4.98 Å². The van der Waals surface area contributed by atoms with Crippen molar-refractivity contribution in [2.45, 2.75) is 40.0 Å². The third-order valence-electron chi connectivity index (χ3n) is 2.80. The lowest BCUT2D eigenvalue weighted by molar-refractivity contribution is 0.102. The molecule has 2 heterocycles. The molecule has 2 N–H and O–H groups in total. The van der Waals surface area contributed by atoms with Gasteiger partial charge in [0.15, 0.2) is 0 Å². The van der Waals surface area contributed by atoms with Gasteiger partial charge in [0, 0.05) is 4.88 Å². The Kier molecular flexibility index (Phi) is 4.31. The number of amides is 1. The SMILES string of the molecule is CCCc1sc(C(=O)Nc2n[nH]c(C)n2)cc1CC. The second kappa shape index (κ2) is 5.97. The summed E-state index contributed by atoms with van der Waals surface area (Å²) in [6.07, 6.45) is 3.08. The van der Waals surface area contributed by atoms with E-state index < -0.39 is 0 Å². The van der Waals surface area contributed by atoms with E-state index in [2.05, 4.69) is 34.3 Å². The van der Waals surface area contributed by atoms with Gasteiger partial charge in [-0.1, -0.05) is 20.3 Å².